The average molecular weight is 569 g/mol. The number of nitrogens with zero attached hydrogens (tertiary/aromatic N) is 1. The van der Waals surface area contributed by atoms with Gasteiger partial charge in [-0.2, -0.15) is 0 Å². The lowest BCUT2D eigenvalue weighted by Gasteiger charge is -2.39. The molecule has 1 saturated carbocycles. The van der Waals surface area contributed by atoms with Gasteiger partial charge in [0.05, 0.1) is 43.3 Å². The van der Waals surface area contributed by atoms with Crippen molar-refractivity contribution in [2.45, 2.75) is 69.5 Å². The zero-order chi connectivity index (χ0) is 28.6. The van der Waals surface area contributed by atoms with Crippen LogP contribution in [0.15, 0.2) is 42.5 Å². The summed E-state index contributed by atoms with van der Waals surface area (Å²) in [6, 6.07) is 15.3. The molecule has 226 valence electrons. The number of fused-ring (bicyclic) bond motifs is 1. The summed E-state index contributed by atoms with van der Waals surface area (Å²) in [6.07, 6.45) is 3.75. The van der Waals surface area contributed by atoms with Crippen molar-refractivity contribution < 1.29 is 28.8 Å². The Hall–Kier alpha value is -2.20. The molecule has 2 aromatic rings. The van der Waals surface area contributed by atoms with E-state index in [4.69, 9.17) is 23.7 Å². The molecule has 8 heteroatoms. The van der Waals surface area contributed by atoms with Gasteiger partial charge in [-0.3, -0.25) is 0 Å². The fourth-order valence-corrected chi connectivity index (χ4v) is 6.16. The van der Waals surface area contributed by atoms with Gasteiger partial charge in [-0.25, -0.2) is 0 Å². The van der Waals surface area contributed by atoms with Gasteiger partial charge in [-0.15, -0.1) is 0 Å². The second-order valence-electron chi connectivity index (χ2n) is 11.7. The van der Waals surface area contributed by atoms with Gasteiger partial charge >= 0.3 is 0 Å². The molecule has 1 unspecified atom stereocenters. The smallest absolute Gasteiger partial charge is 0.142 e. The molecule has 5 rings (SSSR count). The third-order valence-electron chi connectivity index (χ3n) is 8.54. The van der Waals surface area contributed by atoms with Gasteiger partial charge in [0.2, 0.25) is 0 Å². The summed E-state index contributed by atoms with van der Waals surface area (Å²) < 4.78 is 30.1. The highest BCUT2D eigenvalue weighted by Gasteiger charge is 2.37. The van der Waals surface area contributed by atoms with Crippen molar-refractivity contribution in [2.24, 2.45) is 5.92 Å². The van der Waals surface area contributed by atoms with E-state index in [9.17, 15) is 5.11 Å². The van der Waals surface area contributed by atoms with Gasteiger partial charge < -0.3 is 39.0 Å². The largest absolute Gasteiger partial charge is 0.490 e. The summed E-state index contributed by atoms with van der Waals surface area (Å²) in [4.78, 5) is 2.38. The van der Waals surface area contributed by atoms with Crippen LogP contribution in [0.1, 0.15) is 61.3 Å². The number of hydrogen-bond donors (Lipinski definition) is 2. The van der Waals surface area contributed by atoms with Gasteiger partial charge in [-0.05, 0) is 67.3 Å². The number of rotatable bonds is 15. The Morgan fingerprint density at radius 1 is 1.02 bits per heavy atom. The summed E-state index contributed by atoms with van der Waals surface area (Å²) in [6.45, 7) is 7.60. The molecule has 41 heavy (non-hydrogen) atoms. The minimum Gasteiger partial charge on any atom is -0.490 e. The van der Waals surface area contributed by atoms with E-state index >= 15 is 0 Å². The molecule has 1 aliphatic carbocycles. The highest BCUT2D eigenvalue weighted by Crippen LogP contribution is 2.43. The highest BCUT2D eigenvalue weighted by atomic mass is 16.5. The molecule has 0 amide bonds. The Bertz CT molecular complexity index is 1080. The predicted molar refractivity (Wildman–Crippen MR) is 160 cm³/mol. The van der Waals surface area contributed by atoms with Crippen molar-refractivity contribution in [3.63, 3.8) is 0 Å². The van der Waals surface area contributed by atoms with E-state index in [-0.39, 0.29) is 30.3 Å². The number of ether oxygens (including phenoxy) is 5. The molecule has 1 saturated heterocycles. The van der Waals surface area contributed by atoms with Crippen molar-refractivity contribution in [1.29, 1.82) is 0 Å². The van der Waals surface area contributed by atoms with Crippen molar-refractivity contribution in [1.82, 2.24) is 5.32 Å². The van der Waals surface area contributed by atoms with E-state index in [0.717, 1.165) is 56.2 Å². The van der Waals surface area contributed by atoms with Crippen LogP contribution in [0, 0.1) is 5.92 Å². The first kappa shape index (κ1) is 30.3. The Balaban J connectivity index is 1.30. The first-order valence-corrected chi connectivity index (χ1v) is 15.3. The summed E-state index contributed by atoms with van der Waals surface area (Å²) in [7, 11) is 3.56. The summed E-state index contributed by atoms with van der Waals surface area (Å²) >= 11 is 0. The number of aliphatic hydroxyl groups is 1. The molecule has 2 N–H and O–H groups in total. The summed E-state index contributed by atoms with van der Waals surface area (Å²) in [5.41, 5.74) is 4.72. The van der Waals surface area contributed by atoms with Crippen LogP contribution < -0.4 is 15.0 Å². The van der Waals surface area contributed by atoms with Crippen LogP contribution in [0.5, 0.6) is 5.75 Å². The predicted octanol–water partition coefficient (Wildman–Crippen LogP) is 4.45. The van der Waals surface area contributed by atoms with Crippen LogP contribution >= 0.6 is 0 Å². The van der Waals surface area contributed by atoms with Crippen molar-refractivity contribution >= 4 is 5.69 Å². The molecule has 2 aliphatic heterocycles. The van der Waals surface area contributed by atoms with E-state index in [2.05, 4.69) is 52.7 Å². The van der Waals surface area contributed by atoms with E-state index in [0.29, 0.717) is 32.2 Å². The average Bonchev–Trinajstić information content (AvgIpc) is 3.82. The fourth-order valence-electron chi connectivity index (χ4n) is 6.16. The first-order chi connectivity index (χ1) is 20.1. The zero-order valence-corrected chi connectivity index (χ0v) is 24.9. The second kappa shape index (κ2) is 14.8. The summed E-state index contributed by atoms with van der Waals surface area (Å²) in [5, 5.41) is 13.3. The molecule has 2 fully saturated rings. The van der Waals surface area contributed by atoms with E-state index in [1.165, 1.54) is 24.0 Å². The molecule has 5 atom stereocenters. The van der Waals surface area contributed by atoms with Gasteiger partial charge in [0.1, 0.15) is 12.4 Å². The third kappa shape index (κ3) is 8.00. The van der Waals surface area contributed by atoms with Crippen LogP contribution in [0.25, 0.3) is 0 Å². The van der Waals surface area contributed by atoms with E-state index in [1.807, 2.05) is 7.11 Å². The zero-order valence-electron chi connectivity index (χ0n) is 24.9. The lowest BCUT2D eigenvalue weighted by molar-refractivity contribution is -0.0639. The minimum absolute atomic E-state index is 0.0480. The Labute approximate surface area is 245 Å². The van der Waals surface area contributed by atoms with Crippen LogP contribution in [0.4, 0.5) is 5.69 Å². The number of nitrogens with one attached hydrogen (secondary N) is 1. The maximum absolute atomic E-state index is 9.80. The molecule has 3 aliphatic rings. The lowest BCUT2D eigenvalue weighted by atomic mass is 9.84. The molecule has 0 aromatic heterocycles. The van der Waals surface area contributed by atoms with Crippen molar-refractivity contribution in [3.05, 3.63) is 59.2 Å². The van der Waals surface area contributed by atoms with Crippen LogP contribution in [0.3, 0.4) is 0 Å². The molecule has 8 nitrogen and oxygen atoms in total. The number of aliphatic hydroxyl groups excluding tert-OH is 1. The van der Waals surface area contributed by atoms with Gasteiger partial charge in [-0.1, -0.05) is 30.3 Å². The number of hydrogen-bond acceptors (Lipinski definition) is 8. The maximum Gasteiger partial charge on any atom is 0.142 e. The van der Waals surface area contributed by atoms with Gasteiger partial charge in [0, 0.05) is 53.0 Å². The molecular formula is C33H48N2O6. The standard InChI is InChI=1S/C33H48N2O6/c1-23(36)13-17-39-30-20-34-21-31(32(30)25-6-8-26(9-7-25)33(38-3)27-10-11-27)41-22-24-5-12-29-28(19-24)35(15-18-40-29)14-4-16-37-2/h5-9,12,19,23,27,30-34,36H,4,10-11,13-18,20-22H2,1-3H3/t23?,30-,31+,32+,33-/m1/s1. The quantitative estimate of drug-likeness (QED) is 0.305. The van der Waals surface area contributed by atoms with Crippen molar-refractivity contribution in [2.75, 3.05) is 65.1 Å². The van der Waals surface area contributed by atoms with Crippen LogP contribution in [0.2, 0.25) is 0 Å². The first-order valence-electron chi connectivity index (χ1n) is 15.3. The Kier molecular flexibility index (Phi) is 10.9. The molecular weight excluding hydrogens is 520 g/mol. The minimum atomic E-state index is -0.383. The summed E-state index contributed by atoms with van der Waals surface area (Å²) in [5.74, 6) is 1.64. The SMILES string of the molecule is COCCCN1CCOc2ccc(CO[C@H]3CNC[C@@H](OCCC(C)O)[C@@H]3c3ccc([C@@H](OC)C4CC4)cc3)cc21. The fraction of sp³-hybridized carbons (Fsp3) is 0.636. The molecule has 2 aromatic carbocycles. The highest BCUT2D eigenvalue weighted by molar-refractivity contribution is 5.61. The number of piperidine rings is 1. The van der Waals surface area contributed by atoms with Crippen LogP contribution in [-0.2, 0) is 25.6 Å². The normalized spacial score (nSPS) is 24.0. The van der Waals surface area contributed by atoms with Crippen LogP contribution in [-0.4, -0.2) is 83.6 Å². The molecule has 0 spiro atoms. The van der Waals surface area contributed by atoms with E-state index < -0.39 is 0 Å². The lowest BCUT2D eigenvalue weighted by Crippen LogP contribution is -2.50. The molecule has 2 heterocycles. The second-order valence-corrected chi connectivity index (χ2v) is 11.7. The van der Waals surface area contributed by atoms with Gasteiger partial charge in [0.25, 0.3) is 0 Å². The number of benzene rings is 2. The molecule has 0 radical (unpaired) electrons. The van der Waals surface area contributed by atoms with Crippen molar-refractivity contribution in [3.8, 4) is 5.75 Å². The Morgan fingerprint density at radius 2 is 1.80 bits per heavy atom. The number of anilines is 1. The van der Waals surface area contributed by atoms with E-state index in [1.54, 1.807) is 14.0 Å². The van der Waals surface area contributed by atoms with Gasteiger partial charge in [0.15, 0.2) is 0 Å². The third-order valence-corrected chi connectivity index (χ3v) is 8.54. The topological polar surface area (TPSA) is 81.7 Å². The monoisotopic (exact) mass is 568 g/mol. The maximum atomic E-state index is 9.80. The Morgan fingerprint density at radius 3 is 2.51 bits per heavy atom. The molecule has 0 bridgehead atoms. The number of methoxy groups -OCH3 is 2.